The minimum absolute atomic E-state index is 1.13. The summed E-state index contributed by atoms with van der Waals surface area (Å²) in [6, 6.07) is 8.62. The van der Waals surface area contributed by atoms with Crippen LogP contribution >= 0.6 is 0 Å². The molecule has 1 aromatic carbocycles. The van der Waals surface area contributed by atoms with Crippen molar-refractivity contribution >= 4 is 10.9 Å². The highest BCUT2D eigenvalue weighted by atomic mass is 14.7. The predicted molar refractivity (Wildman–Crippen MR) is 66.3 cm³/mol. The molecular weight excluding hydrogens is 182 g/mol. The van der Waals surface area contributed by atoms with Crippen molar-refractivity contribution in [3.05, 3.63) is 35.5 Å². The minimum Gasteiger partial charge on any atom is -0.358 e. The SMILES string of the molecule is CCCCc1[nH]c2ccccc2c1CC. The molecule has 0 aliphatic carbocycles. The maximum Gasteiger partial charge on any atom is 0.0458 e. The molecule has 0 radical (unpaired) electrons. The summed E-state index contributed by atoms with van der Waals surface area (Å²) in [5.41, 5.74) is 4.25. The predicted octanol–water partition coefficient (Wildman–Crippen LogP) is 4.07. The average Bonchev–Trinajstić information content (AvgIpc) is 2.63. The third kappa shape index (κ3) is 1.92. The zero-order valence-electron chi connectivity index (χ0n) is 9.64. The fourth-order valence-corrected chi connectivity index (χ4v) is 2.23. The summed E-state index contributed by atoms with van der Waals surface area (Å²) in [4.78, 5) is 3.55. The van der Waals surface area contributed by atoms with Gasteiger partial charge in [-0.3, -0.25) is 0 Å². The second-order valence-corrected chi connectivity index (χ2v) is 4.08. The smallest absolute Gasteiger partial charge is 0.0458 e. The van der Waals surface area contributed by atoms with Crippen LogP contribution in [0.3, 0.4) is 0 Å². The third-order valence-electron chi connectivity index (χ3n) is 3.04. The Morgan fingerprint density at radius 3 is 2.67 bits per heavy atom. The summed E-state index contributed by atoms with van der Waals surface area (Å²) in [7, 11) is 0. The van der Waals surface area contributed by atoms with Gasteiger partial charge in [0.2, 0.25) is 0 Å². The molecule has 1 heteroatoms. The zero-order valence-corrected chi connectivity index (χ0v) is 9.64. The average molecular weight is 201 g/mol. The van der Waals surface area contributed by atoms with Gasteiger partial charge in [0.05, 0.1) is 0 Å². The van der Waals surface area contributed by atoms with Crippen molar-refractivity contribution < 1.29 is 0 Å². The number of H-pyrrole nitrogens is 1. The van der Waals surface area contributed by atoms with Gasteiger partial charge >= 0.3 is 0 Å². The van der Waals surface area contributed by atoms with Crippen LogP contribution in [0.15, 0.2) is 24.3 Å². The summed E-state index contributed by atoms with van der Waals surface area (Å²) in [6.45, 7) is 4.49. The van der Waals surface area contributed by atoms with Gasteiger partial charge in [-0.1, -0.05) is 38.5 Å². The van der Waals surface area contributed by atoms with Crippen LogP contribution in [0.5, 0.6) is 0 Å². The molecule has 0 saturated heterocycles. The van der Waals surface area contributed by atoms with Crippen molar-refractivity contribution in [2.75, 3.05) is 0 Å². The van der Waals surface area contributed by atoms with Crippen LogP contribution in [0.1, 0.15) is 37.9 Å². The Labute approximate surface area is 91.5 Å². The van der Waals surface area contributed by atoms with Crippen molar-refractivity contribution in [1.29, 1.82) is 0 Å². The molecule has 1 N–H and O–H groups in total. The molecule has 0 fully saturated rings. The first-order chi connectivity index (χ1) is 7.36. The number of fused-ring (bicyclic) bond motifs is 1. The van der Waals surface area contributed by atoms with Gasteiger partial charge < -0.3 is 4.98 Å². The van der Waals surface area contributed by atoms with E-state index in [-0.39, 0.29) is 0 Å². The Kier molecular flexibility index (Phi) is 3.10. The van der Waals surface area contributed by atoms with E-state index >= 15 is 0 Å². The minimum atomic E-state index is 1.13. The topological polar surface area (TPSA) is 15.8 Å². The lowest BCUT2D eigenvalue weighted by atomic mass is 10.1. The van der Waals surface area contributed by atoms with Gasteiger partial charge in [-0.15, -0.1) is 0 Å². The number of benzene rings is 1. The van der Waals surface area contributed by atoms with E-state index in [4.69, 9.17) is 0 Å². The van der Waals surface area contributed by atoms with E-state index < -0.39 is 0 Å². The number of rotatable bonds is 4. The molecule has 1 heterocycles. The molecule has 0 aliphatic heterocycles. The van der Waals surface area contributed by atoms with E-state index in [2.05, 4.69) is 43.1 Å². The summed E-state index contributed by atoms with van der Waals surface area (Å²) < 4.78 is 0. The van der Waals surface area contributed by atoms with Crippen LogP contribution in [0.25, 0.3) is 10.9 Å². The highest BCUT2D eigenvalue weighted by Crippen LogP contribution is 2.23. The number of aromatic nitrogens is 1. The Morgan fingerprint density at radius 2 is 1.93 bits per heavy atom. The fourth-order valence-electron chi connectivity index (χ4n) is 2.23. The van der Waals surface area contributed by atoms with Crippen molar-refractivity contribution in [2.24, 2.45) is 0 Å². The highest BCUT2D eigenvalue weighted by Gasteiger charge is 2.08. The van der Waals surface area contributed by atoms with E-state index in [1.54, 1.807) is 0 Å². The van der Waals surface area contributed by atoms with Crippen molar-refractivity contribution in [1.82, 2.24) is 4.98 Å². The van der Waals surface area contributed by atoms with Crippen LogP contribution in [0, 0.1) is 0 Å². The van der Waals surface area contributed by atoms with Crippen molar-refractivity contribution in [3.63, 3.8) is 0 Å². The first-order valence-electron chi connectivity index (χ1n) is 5.95. The maximum absolute atomic E-state index is 3.55. The normalized spacial score (nSPS) is 11.1. The molecule has 0 bridgehead atoms. The van der Waals surface area contributed by atoms with Crippen LogP contribution in [-0.2, 0) is 12.8 Å². The van der Waals surface area contributed by atoms with Gasteiger partial charge in [-0.2, -0.15) is 0 Å². The fraction of sp³-hybridized carbons (Fsp3) is 0.429. The van der Waals surface area contributed by atoms with Crippen LogP contribution in [0.4, 0.5) is 0 Å². The van der Waals surface area contributed by atoms with Gasteiger partial charge in [0, 0.05) is 16.6 Å². The monoisotopic (exact) mass is 201 g/mol. The number of hydrogen-bond donors (Lipinski definition) is 1. The lowest BCUT2D eigenvalue weighted by molar-refractivity contribution is 0.775. The van der Waals surface area contributed by atoms with E-state index in [9.17, 15) is 0 Å². The molecule has 2 rings (SSSR count). The van der Waals surface area contributed by atoms with E-state index in [1.165, 1.54) is 41.4 Å². The maximum atomic E-state index is 3.55. The number of unbranched alkanes of at least 4 members (excludes halogenated alkanes) is 1. The first kappa shape index (κ1) is 10.3. The van der Waals surface area contributed by atoms with Crippen LogP contribution in [-0.4, -0.2) is 4.98 Å². The Balaban J connectivity index is 2.44. The number of aryl methyl sites for hydroxylation is 2. The van der Waals surface area contributed by atoms with E-state index in [0.717, 1.165) is 6.42 Å². The zero-order chi connectivity index (χ0) is 10.7. The van der Waals surface area contributed by atoms with Gasteiger partial charge in [-0.05, 0) is 30.9 Å². The first-order valence-corrected chi connectivity index (χ1v) is 5.95. The molecule has 1 aromatic heterocycles. The number of nitrogens with one attached hydrogen (secondary N) is 1. The lowest BCUT2D eigenvalue weighted by Gasteiger charge is -2.00. The quantitative estimate of drug-likeness (QED) is 0.767. The molecule has 0 saturated carbocycles. The molecule has 1 nitrogen and oxygen atoms in total. The lowest BCUT2D eigenvalue weighted by Crippen LogP contribution is -1.90. The standard InChI is InChI=1S/C14H19N/c1-3-5-9-13-11(4-2)12-8-6-7-10-14(12)15-13/h6-8,10,15H,3-5,9H2,1-2H3. The molecule has 2 aromatic rings. The Morgan fingerprint density at radius 1 is 1.13 bits per heavy atom. The highest BCUT2D eigenvalue weighted by molar-refractivity contribution is 5.84. The molecule has 0 amide bonds. The third-order valence-corrected chi connectivity index (χ3v) is 3.04. The van der Waals surface area contributed by atoms with Gasteiger partial charge in [0.1, 0.15) is 0 Å². The molecule has 0 spiro atoms. The summed E-state index contributed by atoms with van der Waals surface area (Å²) in [6.07, 6.45) is 4.86. The van der Waals surface area contributed by atoms with Crippen LogP contribution in [0.2, 0.25) is 0 Å². The molecule has 0 unspecified atom stereocenters. The Bertz CT molecular complexity index is 440. The molecule has 15 heavy (non-hydrogen) atoms. The summed E-state index contributed by atoms with van der Waals surface area (Å²) in [5, 5.41) is 1.41. The van der Waals surface area contributed by atoms with Crippen molar-refractivity contribution in [3.8, 4) is 0 Å². The van der Waals surface area contributed by atoms with Crippen LogP contribution < -0.4 is 0 Å². The second-order valence-electron chi connectivity index (χ2n) is 4.08. The molecular formula is C14H19N. The van der Waals surface area contributed by atoms with Gasteiger partial charge in [-0.25, -0.2) is 0 Å². The molecule has 0 aliphatic rings. The number of hydrogen-bond acceptors (Lipinski definition) is 0. The largest absolute Gasteiger partial charge is 0.358 e. The van der Waals surface area contributed by atoms with E-state index in [1.807, 2.05) is 0 Å². The van der Waals surface area contributed by atoms with E-state index in [0.29, 0.717) is 0 Å². The van der Waals surface area contributed by atoms with Crippen molar-refractivity contribution in [2.45, 2.75) is 39.5 Å². The van der Waals surface area contributed by atoms with Gasteiger partial charge in [0.15, 0.2) is 0 Å². The Hall–Kier alpha value is -1.24. The second kappa shape index (κ2) is 4.52. The molecule has 0 atom stereocenters. The molecule has 80 valence electrons. The summed E-state index contributed by atoms with van der Waals surface area (Å²) >= 11 is 0. The number of aromatic amines is 1. The van der Waals surface area contributed by atoms with Gasteiger partial charge in [0.25, 0.3) is 0 Å². The number of para-hydroxylation sites is 1. The summed E-state index contributed by atoms with van der Waals surface area (Å²) in [5.74, 6) is 0.